The van der Waals surface area contributed by atoms with Gasteiger partial charge in [0.15, 0.2) is 0 Å². The highest BCUT2D eigenvalue weighted by Crippen LogP contribution is 2.22. The molecule has 4 heteroatoms. The van der Waals surface area contributed by atoms with Crippen molar-refractivity contribution in [1.82, 2.24) is 20.3 Å². The zero-order valence-electron chi connectivity index (χ0n) is 11.2. The predicted molar refractivity (Wildman–Crippen MR) is 72.6 cm³/mol. The fourth-order valence-electron chi connectivity index (χ4n) is 2.11. The van der Waals surface area contributed by atoms with Crippen LogP contribution in [0.4, 0.5) is 0 Å². The monoisotopic (exact) mass is 244 g/mol. The van der Waals surface area contributed by atoms with Crippen LogP contribution in [0.25, 0.3) is 5.69 Å². The number of hydrogen-bond acceptors (Lipinski definition) is 3. The Hall–Kier alpha value is -1.68. The number of nitrogens with one attached hydrogen (secondary N) is 1. The van der Waals surface area contributed by atoms with Crippen LogP contribution in [-0.2, 0) is 0 Å². The first-order valence-electron chi connectivity index (χ1n) is 6.35. The molecule has 18 heavy (non-hydrogen) atoms. The van der Waals surface area contributed by atoms with E-state index in [1.165, 1.54) is 0 Å². The molecule has 0 aliphatic rings. The lowest BCUT2D eigenvalue weighted by molar-refractivity contribution is 0.441. The van der Waals surface area contributed by atoms with Gasteiger partial charge in [-0.15, -0.1) is 5.10 Å². The molecule has 0 aliphatic carbocycles. The summed E-state index contributed by atoms with van der Waals surface area (Å²) in [4.78, 5) is 0. The molecule has 4 nitrogen and oxygen atoms in total. The van der Waals surface area contributed by atoms with Crippen molar-refractivity contribution in [3.63, 3.8) is 0 Å². The maximum Gasteiger partial charge on any atom is 0.0815 e. The van der Waals surface area contributed by atoms with Gasteiger partial charge in [-0.1, -0.05) is 37.3 Å². The normalized spacial score (nSPS) is 12.9. The topological polar surface area (TPSA) is 42.7 Å². The van der Waals surface area contributed by atoms with Crippen molar-refractivity contribution in [2.24, 2.45) is 5.92 Å². The molecular formula is C14H20N4. The number of nitrogens with zero attached hydrogens (tertiary/aromatic N) is 3. The van der Waals surface area contributed by atoms with E-state index in [9.17, 15) is 0 Å². The van der Waals surface area contributed by atoms with E-state index in [0.29, 0.717) is 5.92 Å². The summed E-state index contributed by atoms with van der Waals surface area (Å²) in [7, 11) is 1.98. The van der Waals surface area contributed by atoms with Gasteiger partial charge in [-0.25, -0.2) is 4.68 Å². The summed E-state index contributed by atoms with van der Waals surface area (Å²) in [5.74, 6) is 0.626. The van der Waals surface area contributed by atoms with Crippen LogP contribution in [0.3, 0.4) is 0 Å². The van der Waals surface area contributed by atoms with Gasteiger partial charge in [-0.05, 0) is 31.5 Å². The summed E-state index contributed by atoms with van der Waals surface area (Å²) in [5.41, 5.74) is 2.16. The van der Waals surface area contributed by atoms with E-state index in [2.05, 4.69) is 29.5 Å². The van der Waals surface area contributed by atoms with E-state index in [4.69, 9.17) is 0 Å². The molecule has 2 rings (SSSR count). The minimum absolute atomic E-state index is 0.278. The first-order chi connectivity index (χ1) is 8.72. The predicted octanol–water partition coefficient (Wildman–Crippen LogP) is 2.57. The summed E-state index contributed by atoms with van der Waals surface area (Å²) in [6.45, 7) is 4.45. The van der Waals surface area contributed by atoms with Gasteiger partial charge in [-0.2, -0.15) is 0 Å². The number of para-hydroxylation sites is 1. The molecule has 1 N–H and O–H groups in total. The first-order valence-corrected chi connectivity index (χ1v) is 6.35. The summed E-state index contributed by atoms with van der Waals surface area (Å²) in [5, 5.41) is 11.6. The molecule has 0 spiro atoms. The number of aromatic nitrogens is 3. The average Bonchev–Trinajstić information content (AvgIpc) is 2.86. The maximum atomic E-state index is 4.19. The Morgan fingerprint density at radius 2 is 1.94 bits per heavy atom. The minimum atomic E-state index is 0.278. The van der Waals surface area contributed by atoms with Crippen molar-refractivity contribution in [3.8, 4) is 5.69 Å². The van der Waals surface area contributed by atoms with Crippen molar-refractivity contribution < 1.29 is 0 Å². The van der Waals surface area contributed by atoms with Gasteiger partial charge in [0.1, 0.15) is 0 Å². The molecule has 0 amide bonds. The molecule has 1 atom stereocenters. The van der Waals surface area contributed by atoms with Crippen molar-refractivity contribution >= 4 is 0 Å². The summed E-state index contributed by atoms with van der Waals surface area (Å²) >= 11 is 0. The van der Waals surface area contributed by atoms with Crippen molar-refractivity contribution in [2.45, 2.75) is 26.3 Å². The van der Waals surface area contributed by atoms with Crippen LogP contribution < -0.4 is 5.32 Å². The van der Waals surface area contributed by atoms with E-state index >= 15 is 0 Å². The van der Waals surface area contributed by atoms with Crippen LogP contribution in [0.5, 0.6) is 0 Å². The van der Waals surface area contributed by atoms with Gasteiger partial charge >= 0.3 is 0 Å². The molecule has 0 saturated heterocycles. The lowest BCUT2D eigenvalue weighted by atomic mass is 10.0. The van der Waals surface area contributed by atoms with Crippen LogP contribution >= 0.6 is 0 Å². The molecule has 1 aromatic carbocycles. The van der Waals surface area contributed by atoms with Gasteiger partial charge < -0.3 is 5.32 Å². The Balaban J connectivity index is 2.32. The molecular weight excluding hydrogens is 224 g/mol. The third kappa shape index (κ3) is 2.76. The van der Waals surface area contributed by atoms with Crippen molar-refractivity contribution in [2.75, 3.05) is 7.05 Å². The van der Waals surface area contributed by atoms with Gasteiger partial charge in [-0.3, -0.25) is 0 Å². The van der Waals surface area contributed by atoms with Crippen molar-refractivity contribution in [1.29, 1.82) is 0 Å². The molecule has 1 aromatic heterocycles. The minimum Gasteiger partial charge on any atom is -0.312 e. The Kier molecular flexibility index (Phi) is 4.10. The molecule has 96 valence electrons. The van der Waals surface area contributed by atoms with E-state index in [-0.39, 0.29) is 6.04 Å². The highest BCUT2D eigenvalue weighted by atomic mass is 15.4. The highest BCUT2D eigenvalue weighted by Gasteiger charge is 2.17. The van der Waals surface area contributed by atoms with Crippen LogP contribution in [0.15, 0.2) is 36.5 Å². The molecule has 2 aromatic rings. The number of benzene rings is 1. The van der Waals surface area contributed by atoms with Crippen LogP contribution in [0.1, 0.15) is 32.0 Å². The van der Waals surface area contributed by atoms with Crippen molar-refractivity contribution in [3.05, 3.63) is 42.2 Å². The molecule has 0 bridgehead atoms. The molecule has 0 saturated carbocycles. The van der Waals surface area contributed by atoms with Crippen LogP contribution in [0, 0.1) is 5.92 Å². The number of rotatable bonds is 5. The second kappa shape index (κ2) is 5.78. The second-order valence-electron chi connectivity index (χ2n) is 4.88. The quantitative estimate of drug-likeness (QED) is 0.879. The molecule has 0 radical (unpaired) electrons. The van der Waals surface area contributed by atoms with Gasteiger partial charge in [0.2, 0.25) is 0 Å². The Morgan fingerprint density at radius 3 is 2.56 bits per heavy atom. The molecule has 0 aliphatic heterocycles. The number of hydrogen-bond donors (Lipinski definition) is 1. The van der Waals surface area contributed by atoms with E-state index in [0.717, 1.165) is 17.8 Å². The molecule has 1 heterocycles. The first kappa shape index (κ1) is 12.8. The van der Waals surface area contributed by atoms with E-state index in [1.54, 1.807) is 0 Å². The third-order valence-electron chi connectivity index (χ3n) is 2.99. The molecule has 1 unspecified atom stereocenters. The Morgan fingerprint density at radius 1 is 1.22 bits per heavy atom. The Bertz CT molecular complexity index is 476. The summed E-state index contributed by atoms with van der Waals surface area (Å²) in [6.07, 6.45) is 2.91. The van der Waals surface area contributed by atoms with Gasteiger partial charge in [0, 0.05) is 0 Å². The largest absolute Gasteiger partial charge is 0.312 e. The maximum absolute atomic E-state index is 4.19. The average molecular weight is 244 g/mol. The van der Waals surface area contributed by atoms with Gasteiger partial charge in [0.25, 0.3) is 0 Å². The third-order valence-corrected chi connectivity index (χ3v) is 2.99. The lowest BCUT2D eigenvalue weighted by Gasteiger charge is -2.19. The highest BCUT2D eigenvalue weighted by molar-refractivity contribution is 5.32. The lowest BCUT2D eigenvalue weighted by Crippen LogP contribution is -2.21. The summed E-state index contributed by atoms with van der Waals surface area (Å²) in [6, 6.07) is 10.4. The Labute approximate surface area is 108 Å². The molecule has 0 fully saturated rings. The SMILES string of the molecule is CNC(CC(C)C)c1cnnn1-c1ccccc1. The standard InChI is InChI=1S/C14H20N4/c1-11(2)9-13(15-3)14-10-16-17-18(14)12-7-5-4-6-8-12/h4-8,10-11,13,15H,9H2,1-3H3. The van der Waals surface area contributed by atoms with E-state index < -0.39 is 0 Å². The second-order valence-corrected chi connectivity index (χ2v) is 4.88. The van der Waals surface area contributed by atoms with Crippen LogP contribution in [0.2, 0.25) is 0 Å². The smallest absolute Gasteiger partial charge is 0.0815 e. The van der Waals surface area contributed by atoms with Gasteiger partial charge in [0.05, 0.1) is 23.6 Å². The fourth-order valence-corrected chi connectivity index (χ4v) is 2.11. The zero-order chi connectivity index (χ0) is 13.0. The summed E-state index contributed by atoms with van der Waals surface area (Å²) < 4.78 is 1.91. The zero-order valence-corrected chi connectivity index (χ0v) is 11.2. The van der Waals surface area contributed by atoms with E-state index in [1.807, 2.05) is 48.3 Å². The fraction of sp³-hybridized carbons (Fsp3) is 0.429. The van der Waals surface area contributed by atoms with Crippen LogP contribution in [-0.4, -0.2) is 22.0 Å².